The van der Waals surface area contributed by atoms with Crippen molar-refractivity contribution in [1.82, 2.24) is 20.1 Å². The number of hydrogen-bond acceptors (Lipinski definition) is 2. The third kappa shape index (κ3) is 3.77. The molecule has 0 unspecified atom stereocenters. The van der Waals surface area contributed by atoms with Crippen LogP contribution in [0.2, 0.25) is 0 Å². The number of nitrogens with one attached hydrogen (secondary N) is 2. The lowest BCUT2D eigenvalue weighted by Crippen LogP contribution is -2.38. The molecule has 1 aromatic rings. The fourth-order valence-corrected chi connectivity index (χ4v) is 1.75. The highest BCUT2D eigenvalue weighted by atomic mass is 16.2. The van der Waals surface area contributed by atoms with Crippen molar-refractivity contribution in [3.63, 3.8) is 0 Å². The number of amides is 2. The third-order valence-corrected chi connectivity index (χ3v) is 3.18. The number of aryl methyl sites for hydroxylation is 1. The first-order valence-electron chi connectivity index (χ1n) is 6.21. The Morgan fingerprint density at radius 2 is 2.00 bits per heavy atom. The molecular formula is C13H24N4O. The second-order valence-corrected chi connectivity index (χ2v) is 4.76. The molecule has 2 N–H and O–H groups in total. The molecule has 5 heteroatoms. The average molecular weight is 252 g/mol. The Bertz CT molecular complexity index is 409. The summed E-state index contributed by atoms with van der Waals surface area (Å²) >= 11 is 0. The fraction of sp³-hybridized carbons (Fsp3) is 0.615. The molecule has 0 atom stereocenters. The van der Waals surface area contributed by atoms with Crippen molar-refractivity contribution in [2.45, 2.75) is 20.4 Å². The largest absolute Gasteiger partial charge is 0.352 e. The van der Waals surface area contributed by atoms with Crippen LogP contribution in [0.25, 0.3) is 0 Å². The Hall–Kier alpha value is -1.49. The highest BCUT2D eigenvalue weighted by Gasteiger charge is 2.05. The minimum Gasteiger partial charge on any atom is -0.352 e. The molecule has 18 heavy (non-hydrogen) atoms. The van der Waals surface area contributed by atoms with E-state index in [-0.39, 0.29) is 6.03 Å². The van der Waals surface area contributed by atoms with Gasteiger partial charge in [-0.3, -0.25) is 0 Å². The summed E-state index contributed by atoms with van der Waals surface area (Å²) in [5.41, 5.74) is 3.87. The van der Waals surface area contributed by atoms with Crippen LogP contribution in [0.4, 0.5) is 4.79 Å². The first-order valence-corrected chi connectivity index (χ1v) is 6.21. The Morgan fingerprint density at radius 3 is 2.50 bits per heavy atom. The van der Waals surface area contributed by atoms with Crippen LogP contribution >= 0.6 is 0 Å². The molecule has 1 rings (SSSR count). The molecule has 0 fully saturated rings. The highest BCUT2D eigenvalue weighted by Crippen LogP contribution is 2.12. The Kier molecular flexibility index (Phi) is 5.22. The van der Waals surface area contributed by atoms with Gasteiger partial charge in [0.15, 0.2) is 0 Å². The van der Waals surface area contributed by atoms with Gasteiger partial charge in [0.05, 0.1) is 0 Å². The second-order valence-electron chi connectivity index (χ2n) is 4.76. The summed E-state index contributed by atoms with van der Waals surface area (Å²) in [7, 11) is 5.54. The van der Waals surface area contributed by atoms with Crippen LogP contribution in [0.5, 0.6) is 0 Å². The smallest absolute Gasteiger partial charge is 0.316 e. The van der Waals surface area contributed by atoms with Crippen LogP contribution in [0.1, 0.15) is 17.0 Å². The summed E-state index contributed by atoms with van der Waals surface area (Å²) in [6.45, 7) is 6.48. The monoisotopic (exact) mass is 252 g/mol. The van der Waals surface area contributed by atoms with Gasteiger partial charge in [-0.25, -0.2) is 4.79 Å². The number of hydrogen-bond donors (Lipinski definition) is 2. The first kappa shape index (κ1) is 14.6. The zero-order valence-electron chi connectivity index (χ0n) is 12.0. The Balaban J connectivity index is 2.26. The fourth-order valence-electron chi connectivity index (χ4n) is 1.75. The molecule has 0 aliphatic rings. The molecule has 0 aliphatic heterocycles. The van der Waals surface area contributed by atoms with Crippen molar-refractivity contribution >= 4 is 6.03 Å². The minimum atomic E-state index is -0.0523. The summed E-state index contributed by atoms with van der Waals surface area (Å²) in [6.07, 6.45) is 0. The van der Waals surface area contributed by atoms with Gasteiger partial charge in [-0.1, -0.05) is 0 Å². The molecule has 1 heterocycles. The Labute approximate surface area is 109 Å². The quantitative estimate of drug-likeness (QED) is 0.768. The van der Waals surface area contributed by atoms with Gasteiger partial charge in [0.2, 0.25) is 0 Å². The number of nitrogens with zero attached hydrogens (tertiary/aromatic N) is 2. The van der Waals surface area contributed by atoms with Gasteiger partial charge in [0, 0.05) is 52.2 Å². The van der Waals surface area contributed by atoms with E-state index in [4.69, 9.17) is 0 Å². The molecule has 0 saturated carbocycles. The number of aromatic nitrogens is 1. The summed E-state index contributed by atoms with van der Waals surface area (Å²) in [5, 5.41) is 6.15. The number of carbonyl (C=O) groups excluding carboxylic acids is 1. The number of urea groups is 1. The highest BCUT2D eigenvalue weighted by molar-refractivity contribution is 5.73. The van der Waals surface area contributed by atoms with E-state index in [1.807, 2.05) is 0 Å². The maximum atomic E-state index is 11.3. The zero-order chi connectivity index (χ0) is 13.7. The van der Waals surface area contributed by atoms with E-state index < -0.39 is 0 Å². The zero-order valence-corrected chi connectivity index (χ0v) is 12.0. The lowest BCUT2D eigenvalue weighted by Gasteiger charge is -2.12. The maximum Gasteiger partial charge on any atom is 0.316 e. The standard InChI is InChI=1S/C13H24N4O/c1-10-8-12(11(2)17(10)5)9-14-6-7-15-13(18)16(3)4/h8,14H,6-7,9H2,1-5H3,(H,15,18). The molecule has 1 aromatic heterocycles. The lowest BCUT2D eigenvalue weighted by molar-refractivity contribution is 0.217. The summed E-state index contributed by atoms with van der Waals surface area (Å²) in [6, 6.07) is 2.14. The van der Waals surface area contributed by atoms with Gasteiger partial charge >= 0.3 is 6.03 Å². The van der Waals surface area contributed by atoms with Crippen LogP contribution < -0.4 is 10.6 Å². The van der Waals surface area contributed by atoms with Gasteiger partial charge in [-0.2, -0.15) is 0 Å². The van der Waals surface area contributed by atoms with Gasteiger partial charge in [0.25, 0.3) is 0 Å². The van der Waals surface area contributed by atoms with Crippen molar-refractivity contribution in [3.05, 3.63) is 23.0 Å². The molecule has 0 saturated heterocycles. The summed E-state index contributed by atoms with van der Waals surface area (Å²) in [5.74, 6) is 0. The van der Waals surface area contributed by atoms with E-state index in [2.05, 4.69) is 42.2 Å². The van der Waals surface area contributed by atoms with Crippen molar-refractivity contribution in [2.75, 3.05) is 27.2 Å². The van der Waals surface area contributed by atoms with E-state index in [0.29, 0.717) is 6.54 Å². The molecule has 0 aromatic carbocycles. The topological polar surface area (TPSA) is 49.3 Å². The minimum absolute atomic E-state index is 0.0523. The van der Waals surface area contributed by atoms with Crippen molar-refractivity contribution in [2.24, 2.45) is 7.05 Å². The van der Waals surface area contributed by atoms with Crippen LogP contribution in [0.15, 0.2) is 6.07 Å². The molecule has 0 bridgehead atoms. The molecule has 102 valence electrons. The van der Waals surface area contributed by atoms with Crippen LogP contribution in [-0.4, -0.2) is 42.7 Å². The van der Waals surface area contributed by atoms with E-state index in [0.717, 1.165) is 13.1 Å². The van der Waals surface area contributed by atoms with Gasteiger partial charge in [0.1, 0.15) is 0 Å². The summed E-state index contributed by atoms with van der Waals surface area (Å²) < 4.78 is 2.19. The molecular weight excluding hydrogens is 228 g/mol. The van der Waals surface area contributed by atoms with Crippen molar-refractivity contribution in [1.29, 1.82) is 0 Å². The van der Waals surface area contributed by atoms with E-state index in [1.165, 1.54) is 21.9 Å². The number of carbonyl (C=O) groups is 1. The molecule has 0 radical (unpaired) electrons. The molecule has 5 nitrogen and oxygen atoms in total. The SMILES string of the molecule is Cc1cc(CNCCNC(=O)N(C)C)c(C)n1C. The number of rotatable bonds is 5. The third-order valence-electron chi connectivity index (χ3n) is 3.18. The molecule has 0 spiro atoms. The normalized spacial score (nSPS) is 10.5. The van der Waals surface area contributed by atoms with Crippen LogP contribution in [0.3, 0.4) is 0 Å². The van der Waals surface area contributed by atoms with E-state index >= 15 is 0 Å². The van der Waals surface area contributed by atoms with Crippen LogP contribution in [0, 0.1) is 13.8 Å². The van der Waals surface area contributed by atoms with Crippen LogP contribution in [-0.2, 0) is 13.6 Å². The lowest BCUT2D eigenvalue weighted by atomic mass is 10.2. The summed E-state index contributed by atoms with van der Waals surface area (Å²) in [4.78, 5) is 12.8. The van der Waals surface area contributed by atoms with Gasteiger partial charge < -0.3 is 20.1 Å². The van der Waals surface area contributed by atoms with Gasteiger partial charge in [-0.05, 0) is 25.5 Å². The Morgan fingerprint density at radius 1 is 1.33 bits per heavy atom. The van der Waals surface area contributed by atoms with E-state index in [9.17, 15) is 4.79 Å². The molecule has 0 aliphatic carbocycles. The second kappa shape index (κ2) is 6.44. The maximum absolute atomic E-state index is 11.3. The first-order chi connectivity index (χ1) is 8.43. The predicted molar refractivity (Wildman–Crippen MR) is 73.7 cm³/mol. The van der Waals surface area contributed by atoms with Gasteiger partial charge in [-0.15, -0.1) is 0 Å². The van der Waals surface area contributed by atoms with E-state index in [1.54, 1.807) is 14.1 Å². The molecule has 2 amide bonds. The average Bonchev–Trinajstić information content (AvgIpc) is 2.56. The van der Waals surface area contributed by atoms with Crippen molar-refractivity contribution in [3.8, 4) is 0 Å². The van der Waals surface area contributed by atoms with Crippen molar-refractivity contribution < 1.29 is 4.79 Å². The predicted octanol–water partition coefficient (Wildman–Crippen LogP) is 1.00.